The number of carbonyl (C=O) groups is 1. The number of rotatable bonds is 8. The number of aryl methyl sites for hydroxylation is 1. The van der Waals surface area contributed by atoms with Gasteiger partial charge in [0.25, 0.3) is 0 Å². The highest BCUT2D eigenvalue weighted by Gasteiger charge is 2.22. The van der Waals surface area contributed by atoms with Gasteiger partial charge in [-0.15, -0.1) is 0 Å². The summed E-state index contributed by atoms with van der Waals surface area (Å²) in [4.78, 5) is 12.6. The third-order valence-electron chi connectivity index (χ3n) is 4.37. The van der Waals surface area contributed by atoms with E-state index in [0.29, 0.717) is 6.42 Å². The van der Waals surface area contributed by atoms with Gasteiger partial charge in [-0.2, -0.15) is 0 Å². The number of anilines is 1. The Labute approximate surface area is 165 Å². The Bertz CT molecular complexity index is 930. The van der Waals surface area contributed by atoms with E-state index in [2.05, 4.69) is 5.32 Å². The Hall–Kier alpha value is -2.61. The van der Waals surface area contributed by atoms with E-state index >= 15 is 0 Å². The first-order chi connectivity index (χ1) is 13.2. The molecular formula is C20H25FN2O4S. The minimum Gasteiger partial charge on any atom is -0.496 e. The topological polar surface area (TPSA) is 75.7 Å². The molecular weight excluding hydrogens is 383 g/mol. The molecule has 0 spiro atoms. The van der Waals surface area contributed by atoms with E-state index in [1.807, 2.05) is 32.0 Å². The van der Waals surface area contributed by atoms with Crippen LogP contribution in [0.4, 0.5) is 10.1 Å². The summed E-state index contributed by atoms with van der Waals surface area (Å²) in [6, 6.07) is 10.3. The highest BCUT2D eigenvalue weighted by Crippen LogP contribution is 2.24. The maximum atomic E-state index is 13.1. The summed E-state index contributed by atoms with van der Waals surface area (Å²) in [5, 5.41) is 2.87. The molecule has 0 aliphatic heterocycles. The number of hydrogen-bond donors (Lipinski definition) is 1. The lowest BCUT2D eigenvalue weighted by Gasteiger charge is -2.24. The number of nitrogens with zero attached hydrogens (tertiary/aromatic N) is 1. The lowest BCUT2D eigenvalue weighted by Crippen LogP contribution is -2.41. The molecule has 0 aromatic heterocycles. The fourth-order valence-corrected chi connectivity index (χ4v) is 3.77. The predicted octanol–water partition coefficient (Wildman–Crippen LogP) is 3.18. The van der Waals surface area contributed by atoms with Gasteiger partial charge in [-0.1, -0.05) is 19.1 Å². The van der Waals surface area contributed by atoms with Gasteiger partial charge >= 0.3 is 0 Å². The number of carbonyl (C=O) groups excluding carboxylic acids is 1. The van der Waals surface area contributed by atoms with Crippen molar-refractivity contribution in [3.63, 3.8) is 0 Å². The zero-order valence-electron chi connectivity index (χ0n) is 16.4. The molecule has 2 aromatic rings. The van der Waals surface area contributed by atoms with Crippen molar-refractivity contribution in [2.75, 3.05) is 24.2 Å². The number of methoxy groups -OCH3 is 1. The van der Waals surface area contributed by atoms with E-state index in [-0.39, 0.29) is 11.7 Å². The van der Waals surface area contributed by atoms with Crippen LogP contribution >= 0.6 is 0 Å². The predicted molar refractivity (Wildman–Crippen MR) is 107 cm³/mol. The molecule has 1 atom stereocenters. The minimum absolute atomic E-state index is 0.229. The van der Waals surface area contributed by atoms with E-state index in [4.69, 9.17) is 4.74 Å². The molecule has 2 aromatic carbocycles. The molecule has 0 aliphatic rings. The van der Waals surface area contributed by atoms with Gasteiger partial charge < -0.3 is 10.1 Å². The van der Waals surface area contributed by atoms with E-state index in [0.717, 1.165) is 39.6 Å². The Balaban J connectivity index is 2.18. The molecule has 8 heteroatoms. The second-order valence-electron chi connectivity index (χ2n) is 6.50. The summed E-state index contributed by atoms with van der Waals surface area (Å²) >= 11 is 0. The van der Waals surface area contributed by atoms with Crippen LogP contribution in [0, 0.1) is 12.7 Å². The average Bonchev–Trinajstić information content (AvgIpc) is 2.64. The van der Waals surface area contributed by atoms with E-state index < -0.39 is 28.3 Å². The quantitative estimate of drug-likeness (QED) is 0.728. The van der Waals surface area contributed by atoms with Crippen molar-refractivity contribution in [1.29, 1.82) is 0 Å². The number of ether oxygens (including phenoxy) is 1. The van der Waals surface area contributed by atoms with Crippen molar-refractivity contribution in [2.24, 2.45) is 0 Å². The molecule has 152 valence electrons. The molecule has 1 amide bonds. The van der Waals surface area contributed by atoms with Gasteiger partial charge in [-0.25, -0.2) is 12.8 Å². The largest absolute Gasteiger partial charge is 0.496 e. The van der Waals surface area contributed by atoms with Gasteiger partial charge in [0, 0.05) is 0 Å². The van der Waals surface area contributed by atoms with Crippen LogP contribution in [-0.2, 0) is 14.8 Å². The molecule has 0 unspecified atom stereocenters. The number of nitrogens with one attached hydrogen (secondary N) is 1. The zero-order valence-corrected chi connectivity index (χ0v) is 17.2. The molecule has 6 nitrogen and oxygen atoms in total. The third kappa shape index (κ3) is 5.45. The van der Waals surface area contributed by atoms with Gasteiger partial charge in [0.2, 0.25) is 15.9 Å². The van der Waals surface area contributed by atoms with Crippen molar-refractivity contribution >= 4 is 21.6 Å². The Morgan fingerprint density at radius 2 is 1.86 bits per heavy atom. The first-order valence-corrected chi connectivity index (χ1v) is 10.7. The van der Waals surface area contributed by atoms with Gasteiger partial charge in [0.05, 0.1) is 25.1 Å². The van der Waals surface area contributed by atoms with E-state index in [1.165, 1.54) is 12.1 Å². The van der Waals surface area contributed by atoms with Gasteiger partial charge in [0.15, 0.2) is 0 Å². The first-order valence-electron chi connectivity index (χ1n) is 8.83. The monoisotopic (exact) mass is 408 g/mol. The van der Waals surface area contributed by atoms with E-state index in [9.17, 15) is 17.6 Å². The summed E-state index contributed by atoms with van der Waals surface area (Å²) in [6.07, 6.45) is 1.64. The molecule has 0 saturated heterocycles. The molecule has 0 radical (unpaired) electrons. The van der Waals surface area contributed by atoms with Crippen LogP contribution in [0.3, 0.4) is 0 Å². The van der Waals surface area contributed by atoms with Crippen molar-refractivity contribution in [3.05, 3.63) is 59.4 Å². The number of sulfonamides is 1. The highest BCUT2D eigenvalue weighted by atomic mass is 32.2. The Morgan fingerprint density at radius 3 is 2.36 bits per heavy atom. The molecule has 0 bridgehead atoms. The molecule has 0 fully saturated rings. The number of amides is 1. The molecule has 0 saturated carbocycles. The van der Waals surface area contributed by atoms with Crippen molar-refractivity contribution in [2.45, 2.75) is 26.3 Å². The van der Waals surface area contributed by atoms with Crippen LogP contribution in [0.1, 0.15) is 30.5 Å². The van der Waals surface area contributed by atoms with Crippen LogP contribution in [0.15, 0.2) is 42.5 Å². The summed E-state index contributed by atoms with van der Waals surface area (Å²) < 4.78 is 43.6. The fourth-order valence-electron chi connectivity index (χ4n) is 2.92. The summed E-state index contributed by atoms with van der Waals surface area (Å²) in [6.45, 7) is 3.45. The molecule has 2 rings (SSSR count). The standard InChI is InChI=1S/C20H25FN2O4S/c1-5-18(15-6-11-19(27-3)14(2)12-15)22-20(24)13-23(28(4,25)26)17-9-7-16(21)8-10-17/h6-12,18H,5,13H2,1-4H3,(H,22,24)/t18-/m1/s1. The maximum Gasteiger partial charge on any atom is 0.241 e. The highest BCUT2D eigenvalue weighted by molar-refractivity contribution is 7.92. The molecule has 0 aliphatic carbocycles. The van der Waals surface area contributed by atoms with Crippen LogP contribution < -0.4 is 14.4 Å². The Kier molecular flexibility index (Phi) is 7.01. The minimum atomic E-state index is -3.72. The smallest absolute Gasteiger partial charge is 0.241 e. The second kappa shape index (κ2) is 9.05. The second-order valence-corrected chi connectivity index (χ2v) is 8.41. The van der Waals surface area contributed by atoms with Crippen molar-refractivity contribution < 1.29 is 22.3 Å². The summed E-state index contributed by atoms with van der Waals surface area (Å²) in [5.41, 5.74) is 2.08. The number of benzene rings is 2. The van der Waals surface area contributed by atoms with Crippen LogP contribution in [0.25, 0.3) is 0 Å². The maximum absolute atomic E-state index is 13.1. The lowest BCUT2D eigenvalue weighted by molar-refractivity contribution is -0.120. The van der Waals surface area contributed by atoms with Gasteiger partial charge in [0.1, 0.15) is 18.1 Å². The first kappa shape index (κ1) is 21.7. The molecule has 1 N–H and O–H groups in total. The normalized spacial score (nSPS) is 12.3. The average molecular weight is 408 g/mol. The van der Waals surface area contributed by atoms with Crippen LogP contribution in [0.5, 0.6) is 5.75 Å². The van der Waals surface area contributed by atoms with Crippen molar-refractivity contribution in [3.8, 4) is 5.75 Å². The van der Waals surface area contributed by atoms with Gasteiger partial charge in [-0.3, -0.25) is 9.10 Å². The number of halogens is 1. The zero-order chi connectivity index (χ0) is 20.9. The van der Waals surface area contributed by atoms with E-state index in [1.54, 1.807) is 7.11 Å². The lowest BCUT2D eigenvalue weighted by atomic mass is 10.0. The number of hydrogen-bond acceptors (Lipinski definition) is 4. The van der Waals surface area contributed by atoms with Gasteiger partial charge in [-0.05, 0) is 54.8 Å². The fraction of sp³-hybridized carbons (Fsp3) is 0.350. The van der Waals surface area contributed by atoms with Crippen LogP contribution in [-0.4, -0.2) is 34.2 Å². The molecule has 0 heterocycles. The summed E-state index contributed by atoms with van der Waals surface area (Å²) in [7, 11) is -2.12. The van der Waals surface area contributed by atoms with Crippen molar-refractivity contribution in [1.82, 2.24) is 5.32 Å². The SMILES string of the molecule is CC[C@@H](NC(=O)CN(c1ccc(F)cc1)S(C)(=O)=O)c1ccc(OC)c(C)c1. The molecule has 28 heavy (non-hydrogen) atoms. The third-order valence-corrected chi connectivity index (χ3v) is 5.51. The Morgan fingerprint density at radius 1 is 1.21 bits per heavy atom. The summed E-state index contributed by atoms with van der Waals surface area (Å²) in [5.74, 6) is -0.179. The van der Waals surface area contributed by atoms with Crippen LogP contribution in [0.2, 0.25) is 0 Å².